The van der Waals surface area contributed by atoms with Crippen molar-refractivity contribution in [3.63, 3.8) is 0 Å². The summed E-state index contributed by atoms with van der Waals surface area (Å²) in [4.78, 5) is 0. The van der Waals surface area contributed by atoms with Gasteiger partial charge < -0.3 is 5.11 Å². The van der Waals surface area contributed by atoms with Gasteiger partial charge in [0, 0.05) is 18.0 Å². The molecule has 0 spiro atoms. The van der Waals surface area contributed by atoms with Crippen LogP contribution in [0.3, 0.4) is 0 Å². The van der Waals surface area contributed by atoms with Gasteiger partial charge in [0.15, 0.2) is 0 Å². The van der Waals surface area contributed by atoms with Crippen molar-refractivity contribution in [3.8, 4) is 0 Å². The summed E-state index contributed by atoms with van der Waals surface area (Å²) in [6.07, 6.45) is 2.31. The van der Waals surface area contributed by atoms with Gasteiger partial charge >= 0.3 is 0 Å². The molecule has 0 saturated heterocycles. The summed E-state index contributed by atoms with van der Waals surface area (Å²) < 4.78 is 15.2. The van der Waals surface area contributed by atoms with Crippen LogP contribution in [0.2, 0.25) is 0 Å². The highest BCUT2D eigenvalue weighted by Crippen LogP contribution is 2.20. The van der Waals surface area contributed by atoms with Crippen molar-refractivity contribution in [1.82, 2.24) is 9.78 Å². The zero-order valence-corrected chi connectivity index (χ0v) is 10.4. The molecule has 0 fully saturated rings. The first-order chi connectivity index (χ1) is 7.87. The highest BCUT2D eigenvalue weighted by atomic mass is 19.1. The molecule has 3 nitrogen and oxygen atoms in total. The van der Waals surface area contributed by atoms with Crippen molar-refractivity contribution in [2.24, 2.45) is 0 Å². The second kappa shape index (κ2) is 4.11. The predicted octanol–water partition coefficient (Wildman–Crippen LogP) is 2.64. The summed E-state index contributed by atoms with van der Waals surface area (Å²) in [7, 11) is 0. The van der Waals surface area contributed by atoms with E-state index in [-0.39, 0.29) is 5.82 Å². The molecule has 0 aliphatic heterocycles. The van der Waals surface area contributed by atoms with Crippen LogP contribution in [0.4, 0.5) is 4.39 Å². The van der Waals surface area contributed by atoms with Crippen LogP contribution in [0, 0.1) is 12.7 Å². The molecule has 17 heavy (non-hydrogen) atoms. The Kier molecular flexibility index (Phi) is 2.91. The van der Waals surface area contributed by atoms with E-state index in [4.69, 9.17) is 0 Å². The molecule has 0 saturated carbocycles. The van der Waals surface area contributed by atoms with E-state index in [1.54, 1.807) is 37.7 Å². The molecule has 1 aromatic heterocycles. The quantitative estimate of drug-likeness (QED) is 0.889. The van der Waals surface area contributed by atoms with E-state index >= 15 is 0 Å². The van der Waals surface area contributed by atoms with E-state index in [1.165, 1.54) is 6.07 Å². The molecule has 0 aliphatic carbocycles. The zero-order chi connectivity index (χ0) is 12.6. The number of halogens is 1. The maximum atomic E-state index is 13.5. The van der Waals surface area contributed by atoms with Gasteiger partial charge in [-0.05, 0) is 38.8 Å². The molecule has 1 aromatic carbocycles. The normalized spacial score (nSPS) is 12.3. The summed E-state index contributed by atoms with van der Waals surface area (Å²) in [5.74, 6) is -0.220. The number of benzene rings is 1. The van der Waals surface area contributed by atoms with Gasteiger partial charge in [-0.25, -0.2) is 4.39 Å². The van der Waals surface area contributed by atoms with Gasteiger partial charge in [0.25, 0.3) is 0 Å². The number of aryl methyl sites for hydroxylation is 2. The second-order valence-corrected chi connectivity index (χ2v) is 5.09. The van der Waals surface area contributed by atoms with E-state index in [9.17, 15) is 9.50 Å². The van der Waals surface area contributed by atoms with Gasteiger partial charge in [0.05, 0.1) is 17.3 Å². The highest BCUT2D eigenvalue weighted by molar-refractivity contribution is 5.79. The summed E-state index contributed by atoms with van der Waals surface area (Å²) in [5.41, 5.74) is 0.665. The highest BCUT2D eigenvalue weighted by Gasteiger charge is 2.14. The Labute approximate surface area is 99.9 Å². The Morgan fingerprint density at radius 2 is 2.12 bits per heavy atom. The monoisotopic (exact) mass is 236 g/mol. The van der Waals surface area contributed by atoms with Crippen molar-refractivity contribution in [2.75, 3.05) is 0 Å². The minimum absolute atomic E-state index is 0.220. The van der Waals surface area contributed by atoms with Crippen molar-refractivity contribution >= 4 is 10.9 Å². The van der Waals surface area contributed by atoms with E-state index in [2.05, 4.69) is 5.10 Å². The van der Waals surface area contributed by atoms with Crippen LogP contribution in [0.15, 0.2) is 18.3 Å². The fourth-order valence-electron chi connectivity index (χ4n) is 1.77. The Hall–Kier alpha value is -1.42. The molecular weight excluding hydrogens is 219 g/mol. The first-order valence-corrected chi connectivity index (χ1v) is 5.71. The fraction of sp³-hybridized carbons (Fsp3) is 0.462. The average molecular weight is 236 g/mol. The van der Waals surface area contributed by atoms with Crippen LogP contribution in [-0.2, 0) is 6.54 Å². The third-order valence-corrected chi connectivity index (χ3v) is 2.86. The van der Waals surface area contributed by atoms with Gasteiger partial charge in [-0.2, -0.15) is 5.10 Å². The van der Waals surface area contributed by atoms with Gasteiger partial charge in [-0.1, -0.05) is 0 Å². The summed E-state index contributed by atoms with van der Waals surface area (Å²) in [6, 6.07) is 3.29. The van der Waals surface area contributed by atoms with Crippen LogP contribution in [0.1, 0.15) is 25.8 Å². The summed E-state index contributed by atoms with van der Waals surface area (Å²) >= 11 is 0. The fourth-order valence-corrected chi connectivity index (χ4v) is 1.77. The van der Waals surface area contributed by atoms with E-state index in [1.807, 2.05) is 0 Å². The molecule has 92 valence electrons. The van der Waals surface area contributed by atoms with Crippen LogP contribution in [0.5, 0.6) is 0 Å². The number of aliphatic hydroxyl groups is 1. The first kappa shape index (κ1) is 12.0. The number of aromatic nitrogens is 2. The molecule has 1 heterocycles. The molecule has 4 heteroatoms. The lowest BCUT2D eigenvalue weighted by molar-refractivity contribution is 0.0655. The number of hydrogen-bond donors (Lipinski definition) is 1. The third-order valence-electron chi connectivity index (χ3n) is 2.86. The Bertz CT molecular complexity index is 540. The number of hydrogen-bond acceptors (Lipinski definition) is 2. The summed E-state index contributed by atoms with van der Waals surface area (Å²) in [5, 5.41) is 14.8. The van der Waals surface area contributed by atoms with Crippen LogP contribution in [0.25, 0.3) is 10.9 Å². The largest absolute Gasteiger partial charge is 0.390 e. The molecule has 0 bridgehead atoms. The molecule has 0 amide bonds. The third kappa shape index (κ3) is 2.64. The number of nitrogens with zero attached hydrogens (tertiary/aromatic N) is 2. The van der Waals surface area contributed by atoms with Gasteiger partial charge in [0.1, 0.15) is 5.82 Å². The molecule has 0 atom stereocenters. The molecule has 0 aliphatic rings. The van der Waals surface area contributed by atoms with Gasteiger partial charge in [0.2, 0.25) is 0 Å². The molecule has 1 N–H and O–H groups in total. The lowest BCUT2D eigenvalue weighted by atomic mass is 10.1. The molecular formula is C13H17FN2O. The molecule has 2 aromatic rings. The Balaban J connectivity index is 2.33. The Morgan fingerprint density at radius 1 is 1.41 bits per heavy atom. The number of fused-ring (bicyclic) bond motifs is 1. The van der Waals surface area contributed by atoms with Crippen LogP contribution in [-0.4, -0.2) is 20.5 Å². The van der Waals surface area contributed by atoms with Crippen molar-refractivity contribution in [1.29, 1.82) is 0 Å². The lowest BCUT2D eigenvalue weighted by Gasteiger charge is -2.16. The van der Waals surface area contributed by atoms with Crippen molar-refractivity contribution < 1.29 is 9.50 Å². The van der Waals surface area contributed by atoms with Gasteiger partial charge in [-0.3, -0.25) is 4.68 Å². The minimum Gasteiger partial charge on any atom is -0.390 e. The zero-order valence-electron chi connectivity index (χ0n) is 10.4. The topological polar surface area (TPSA) is 38.0 Å². The molecule has 2 rings (SSSR count). The second-order valence-electron chi connectivity index (χ2n) is 5.09. The van der Waals surface area contributed by atoms with E-state index in [0.717, 1.165) is 10.9 Å². The predicted molar refractivity (Wildman–Crippen MR) is 65.3 cm³/mol. The smallest absolute Gasteiger partial charge is 0.128 e. The van der Waals surface area contributed by atoms with E-state index < -0.39 is 5.60 Å². The maximum Gasteiger partial charge on any atom is 0.128 e. The van der Waals surface area contributed by atoms with Crippen LogP contribution < -0.4 is 0 Å². The number of rotatable bonds is 3. The maximum absolute atomic E-state index is 13.5. The molecule has 0 radical (unpaired) electrons. The standard InChI is InChI=1S/C13H17FN2O/c1-9-6-10-8-15-16(5-4-13(2,3)17)12(10)7-11(9)14/h6-8,17H,4-5H2,1-3H3. The summed E-state index contributed by atoms with van der Waals surface area (Å²) in [6.45, 7) is 5.82. The van der Waals surface area contributed by atoms with Crippen molar-refractivity contribution in [2.45, 2.75) is 39.3 Å². The Morgan fingerprint density at radius 3 is 2.76 bits per heavy atom. The van der Waals surface area contributed by atoms with Crippen molar-refractivity contribution in [3.05, 3.63) is 29.7 Å². The van der Waals surface area contributed by atoms with Gasteiger partial charge in [-0.15, -0.1) is 0 Å². The molecule has 0 unspecified atom stereocenters. The lowest BCUT2D eigenvalue weighted by Crippen LogP contribution is -2.21. The SMILES string of the molecule is Cc1cc2cnn(CCC(C)(C)O)c2cc1F. The van der Waals surface area contributed by atoms with Crippen LogP contribution >= 0.6 is 0 Å². The minimum atomic E-state index is -0.735. The average Bonchev–Trinajstić information content (AvgIpc) is 2.57. The first-order valence-electron chi connectivity index (χ1n) is 5.71. The van der Waals surface area contributed by atoms with E-state index in [0.29, 0.717) is 18.5 Å².